The quantitative estimate of drug-likeness (QED) is 0.380. The van der Waals surface area contributed by atoms with E-state index >= 15 is 0 Å². The van der Waals surface area contributed by atoms with Crippen molar-refractivity contribution in [3.05, 3.63) is 35.9 Å². The first kappa shape index (κ1) is 18.8. The van der Waals surface area contributed by atoms with Crippen molar-refractivity contribution in [2.45, 2.75) is 12.8 Å². The summed E-state index contributed by atoms with van der Waals surface area (Å²) in [4.78, 5) is 43.0. The largest absolute Gasteiger partial charge is 0.340 e. The fourth-order valence-electron chi connectivity index (χ4n) is 2.56. The number of nitrogens with one attached hydrogen (secondary N) is 2. The molecule has 7 heteroatoms. The van der Waals surface area contributed by atoms with E-state index in [-0.39, 0.29) is 6.54 Å². The predicted octanol–water partition coefficient (Wildman–Crippen LogP) is -0.471. The van der Waals surface area contributed by atoms with E-state index in [2.05, 4.69) is 24.4 Å². The summed E-state index contributed by atoms with van der Waals surface area (Å²) >= 11 is 0. The molecule has 0 bridgehead atoms. The van der Waals surface area contributed by atoms with Gasteiger partial charge in [-0.2, -0.15) is 0 Å². The van der Waals surface area contributed by atoms with E-state index in [4.69, 9.17) is 0 Å². The van der Waals surface area contributed by atoms with Gasteiger partial charge in [-0.3, -0.25) is 24.8 Å². The second-order valence-corrected chi connectivity index (χ2v) is 6.36. The number of hydrogen-bond donors (Lipinski definition) is 2. The Balaban J connectivity index is 1.94. The average molecular weight is 345 g/mol. The minimum absolute atomic E-state index is 0.232. The summed E-state index contributed by atoms with van der Waals surface area (Å²) in [5, 5.41) is 2.24. The molecular formula is C18H25N4O3+. The minimum Gasteiger partial charge on any atom is -0.340 e. The Hall–Kier alpha value is -2.54. The number of rotatable bonds is 8. The molecule has 1 aliphatic rings. The Morgan fingerprint density at radius 2 is 1.92 bits per heavy atom. The molecule has 2 N–H and O–H groups in total. The molecule has 4 amide bonds. The maximum absolute atomic E-state index is 12.5. The molecule has 1 atom stereocenters. The van der Waals surface area contributed by atoms with Crippen LogP contribution in [0.4, 0.5) is 4.79 Å². The smallest absolute Gasteiger partial charge is 0.330 e. The van der Waals surface area contributed by atoms with Crippen LogP contribution < -0.4 is 10.2 Å². The van der Waals surface area contributed by atoms with E-state index in [0.717, 1.165) is 23.4 Å². The number of hydrogen-bond acceptors (Lipinski definition) is 4. The van der Waals surface area contributed by atoms with Gasteiger partial charge in [0.05, 0.1) is 20.6 Å². The van der Waals surface area contributed by atoms with Gasteiger partial charge < -0.3 is 4.90 Å². The molecule has 0 aromatic heterocycles. The van der Waals surface area contributed by atoms with E-state index in [1.165, 1.54) is 11.1 Å². The Morgan fingerprint density at radius 1 is 1.20 bits per heavy atom. The Bertz CT molecular complexity index is 643. The van der Waals surface area contributed by atoms with E-state index in [1.807, 2.05) is 30.3 Å². The monoisotopic (exact) mass is 345 g/mol. The Labute approximate surface area is 147 Å². The second kappa shape index (κ2) is 9.08. The maximum Gasteiger partial charge on any atom is 0.330 e. The van der Waals surface area contributed by atoms with Crippen LogP contribution in [0.2, 0.25) is 0 Å². The van der Waals surface area contributed by atoms with E-state index in [1.54, 1.807) is 0 Å². The lowest BCUT2D eigenvalue weighted by atomic mass is 10.1. The van der Waals surface area contributed by atoms with Gasteiger partial charge in [0.25, 0.3) is 0 Å². The molecule has 1 saturated heterocycles. The first-order valence-corrected chi connectivity index (χ1v) is 8.48. The third kappa shape index (κ3) is 5.49. The third-order valence-corrected chi connectivity index (χ3v) is 3.98. The highest BCUT2D eigenvalue weighted by molar-refractivity contribution is 6.23. The van der Waals surface area contributed by atoms with Gasteiger partial charge in [0.15, 0.2) is 5.92 Å². The Kier molecular flexibility index (Phi) is 6.82. The SMILES string of the molecule is C[NH+](C)CCCN=CC1C(=O)NC(=O)N(CCc2ccccc2)C1=O. The van der Waals surface area contributed by atoms with Gasteiger partial charge in [-0.25, -0.2) is 4.79 Å². The molecule has 1 fully saturated rings. The van der Waals surface area contributed by atoms with Crippen molar-refractivity contribution >= 4 is 24.1 Å². The zero-order valence-corrected chi connectivity index (χ0v) is 14.7. The minimum atomic E-state index is -1.03. The molecule has 7 nitrogen and oxygen atoms in total. The number of carbonyl (C=O) groups is 3. The van der Waals surface area contributed by atoms with Crippen LogP contribution in [0, 0.1) is 5.92 Å². The summed E-state index contributed by atoms with van der Waals surface area (Å²) < 4.78 is 0. The summed E-state index contributed by atoms with van der Waals surface area (Å²) in [6, 6.07) is 8.92. The lowest BCUT2D eigenvalue weighted by Gasteiger charge is -2.28. The number of benzene rings is 1. The molecule has 1 heterocycles. The highest BCUT2D eigenvalue weighted by Crippen LogP contribution is 2.11. The van der Waals surface area contributed by atoms with Crippen molar-refractivity contribution < 1.29 is 19.3 Å². The molecule has 134 valence electrons. The van der Waals surface area contributed by atoms with Crippen LogP contribution in [0.25, 0.3) is 0 Å². The van der Waals surface area contributed by atoms with Gasteiger partial charge in [0.2, 0.25) is 11.8 Å². The van der Waals surface area contributed by atoms with Crippen molar-refractivity contribution in [1.29, 1.82) is 0 Å². The van der Waals surface area contributed by atoms with Crippen molar-refractivity contribution in [2.75, 3.05) is 33.7 Å². The Morgan fingerprint density at radius 3 is 2.60 bits per heavy atom. The van der Waals surface area contributed by atoms with E-state index in [9.17, 15) is 14.4 Å². The zero-order valence-electron chi connectivity index (χ0n) is 14.7. The first-order valence-electron chi connectivity index (χ1n) is 8.48. The number of quaternary nitrogens is 1. The van der Waals surface area contributed by atoms with Crippen LogP contribution in [0.15, 0.2) is 35.3 Å². The van der Waals surface area contributed by atoms with Crippen molar-refractivity contribution in [3.63, 3.8) is 0 Å². The van der Waals surface area contributed by atoms with E-state index < -0.39 is 23.8 Å². The van der Waals surface area contributed by atoms with Crippen LogP contribution in [0.3, 0.4) is 0 Å². The predicted molar refractivity (Wildman–Crippen MR) is 94.5 cm³/mol. The molecular weight excluding hydrogens is 320 g/mol. The van der Waals surface area contributed by atoms with Crippen LogP contribution in [-0.4, -0.2) is 62.7 Å². The molecule has 2 rings (SSSR count). The van der Waals surface area contributed by atoms with Gasteiger partial charge in [0, 0.05) is 25.7 Å². The molecule has 0 radical (unpaired) electrons. The van der Waals surface area contributed by atoms with Crippen molar-refractivity contribution in [3.8, 4) is 0 Å². The van der Waals surface area contributed by atoms with Crippen LogP contribution in [0.5, 0.6) is 0 Å². The number of aliphatic imine (C=N–C) groups is 1. The first-order chi connectivity index (χ1) is 12.0. The third-order valence-electron chi connectivity index (χ3n) is 3.98. The highest BCUT2D eigenvalue weighted by atomic mass is 16.2. The number of urea groups is 1. The van der Waals surface area contributed by atoms with Gasteiger partial charge >= 0.3 is 6.03 Å². The fourth-order valence-corrected chi connectivity index (χ4v) is 2.56. The average Bonchev–Trinajstić information content (AvgIpc) is 2.57. The summed E-state index contributed by atoms with van der Waals surface area (Å²) in [5.41, 5.74) is 1.02. The summed E-state index contributed by atoms with van der Waals surface area (Å²) in [7, 11) is 4.11. The lowest BCUT2D eigenvalue weighted by molar-refractivity contribution is -0.858. The summed E-state index contributed by atoms with van der Waals surface area (Å²) in [5.74, 6) is -2.14. The van der Waals surface area contributed by atoms with Gasteiger partial charge in [-0.05, 0) is 12.0 Å². The number of amides is 4. The van der Waals surface area contributed by atoms with Crippen molar-refractivity contribution in [1.82, 2.24) is 10.2 Å². The topological polar surface area (TPSA) is 83.3 Å². The number of barbiturate groups is 1. The number of imide groups is 2. The van der Waals surface area contributed by atoms with Gasteiger partial charge in [-0.1, -0.05) is 30.3 Å². The zero-order chi connectivity index (χ0) is 18.2. The fraction of sp³-hybridized carbons (Fsp3) is 0.444. The molecule has 0 aliphatic carbocycles. The maximum atomic E-state index is 12.5. The molecule has 1 unspecified atom stereocenters. The standard InChI is InChI=1S/C18H24N4O3/c1-21(2)11-6-10-19-13-15-16(23)20-18(25)22(17(15)24)12-9-14-7-4-3-5-8-14/h3-5,7-8,13,15H,6,9-12H2,1-2H3,(H,20,23,25)/p+1. The highest BCUT2D eigenvalue weighted by Gasteiger charge is 2.39. The van der Waals surface area contributed by atoms with Gasteiger partial charge in [-0.15, -0.1) is 0 Å². The van der Waals surface area contributed by atoms with Crippen LogP contribution in [-0.2, 0) is 16.0 Å². The van der Waals surface area contributed by atoms with Crippen molar-refractivity contribution in [2.24, 2.45) is 10.9 Å². The lowest BCUT2D eigenvalue weighted by Crippen LogP contribution is -3.05. The van der Waals surface area contributed by atoms with E-state index in [0.29, 0.717) is 13.0 Å². The molecule has 0 spiro atoms. The number of nitrogens with zero attached hydrogens (tertiary/aromatic N) is 2. The summed E-state index contributed by atoms with van der Waals surface area (Å²) in [6.07, 6.45) is 2.78. The number of carbonyl (C=O) groups excluding carboxylic acids is 3. The normalized spacial score (nSPS) is 18.3. The van der Waals surface area contributed by atoms with Gasteiger partial charge in [0.1, 0.15) is 0 Å². The summed E-state index contributed by atoms with van der Waals surface area (Å²) in [6.45, 7) is 1.75. The second-order valence-electron chi connectivity index (χ2n) is 6.36. The molecule has 1 aromatic carbocycles. The molecule has 25 heavy (non-hydrogen) atoms. The van der Waals surface area contributed by atoms with Crippen LogP contribution >= 0.6 is 0 Å². The molecule has 1 aromatic rings. The molecule has 0 saturated carbocycles. The van der Waals surface area contributed by atoms with Crippen LogP contribution in [0.1, 0.15) is 12.0 Å². The molecule has 1 aliphatic heterocycles.